The second-order valence-electron chi connectivity index (χ2n) is 3.83. The number of carbonyl (C=O) groups is 1. The molecule has 88 valence electrons. The molecule has 0 heterocycles. The Kier molecular flexibility index (Phi) is 3.72. The number of anilines is 1. The Labute approximate surface area is 106 Å². The van der Waals surface area contributed by atoms with Crippen molar-refractivity contribution in [1.82, 2.24) is 0 Å². The van der Waals surface area contributed by atoms with E-state index < -0.39 is 0 Å². The first-order chi connectivity index (χ1) is 8.79. The summed E-state index contributed by atoms with van der Waals surface area (Å²) in [6, 6.07) is 18.2. The topological polar surface area (TPSA) is 52.9 Å². The van der Waals surface area contributed by atoms with Gasteiger partial charge in [-0.1, -0.05) is 30.3 Å². The zero-order chi connectivity index (χ0) is 12.8. The monoisotopic (exact) mass is 236 g/mol. The second kappa shape index (κ2) is 5.65. The van der Waals surface area contributed by atoms with Crippen molar-refractivity contribution >= 4 is 11.5 Å². The van der Waals surface area contributed by atoms with Gasteiger partial charge in [-0.05, 0) is 24.3 Å². The molecule has 18 heavy (non-hydrogen) atoms. The van der Waals surface area contributed by atoms with Crippen molar-refractivity contribution in [3.05, 3.63) is 65.7 Å². The molecule has 0 spiro atoms. The highest BCUT2D eigenvalue weighted by molar-refractivity contribution is 5.99. The van der Waals surface area contributed by atoms with E-state index in [0.29, 0.717) is 11.1 Å². The molecule has 3 nitrogen and oxygen atoms in total. The maximum Gasteiger partial charge on any atom is 0.181 e. The molecule has 0 fully saturated rings. The Bertz CT molecular complexity index is 568. The number of rotatable bonds is 4. The van der Waals surface area contributed by atoms with E-state index in [0.717, 1.165) is 5.69 Å². The summed E-state index contributed by atoms with van der Waals surface area (Å²) < 4.78 is 0. The van der Waals surface area contributed by atoms with Gasteiger partial charge in [0.05, 0.1) is 18.2 Å². The standard InChI is InChI=1S/C15H12N2O/c16-10-12-6-8-13(9-7-12)15(18)11-17-14-4-2-1-3-5-14/h1-9,17H,11H2. The van der Waals surface area contributed by atoms with Crippen molar-refractivity contribution < 1.29 is 4.79 Å². The smallest absolute Gasteiger partial charge is 0.181 e. The molecule has 0 aliphatic rings. The fraction of sp³-hybridized carbons (Fsp3) is 0.0667. The fourth-order valence-electron chi connectivity index (χ4n) is 1.57. The molecule has 0 saturated carbocycles. The second-order valence-corrected chi connectivity index (χ2v) is 3.83. The van der Waals surface area contributed by atoms with Crippen LogP contribution in [-0.4, -0.2) is 12.3 Å². The fourth-order valence-corrected chi connectivity index (χ4v) is 1.57. The lowest BCUT2D eigenvalue weighted by molar-refractivity contribution is 0.101. The predicted molar refractivity (Wildman–Crippen MR) is 70.4 cm³/mol. The van der Waals surface area contributed by atoms with Crippen LogP contribution in [0.15, 0.2) is 54.6 Å². The Balaban J connectivity index is 1.98. The molecule has 2 rings (SSSR count). The van der Waals surface area contributed by atoms with Gasteiger partial charge in [0.2, 0.25) is 0 Å². The van der Waals surface area contributed by atoms with E-state index in [4.69, 9.17) is 5.26 Å². The highest BCUT2D eigenvalue weighted by Crippen LogP contribution is 2.07. The van der Waals surface area contributed by atoms with Crippen LogP contribution < -0.4 is 5.32 Å². The first-order valence-electron chi connectivity index (χ1n) is 5.62. The Morgan fingerprint density at radius 1 is 1.06 bits per heavy atom. The van der Waals surface area contributed by atoms with Crippen LogP contribution in [0.4, 0.5) is 5.69 Å². The third kappa shape index (κ3) is 2.96. The van der Waals surface area contributed by atoms with E-state index in [9.17, 15) is 4.79 Å². The molecule has 1 N–H and O–H groups in total. The van der Waals surface area contributed by atoms with E-state index in [2.05, 4.69) is 5.32 Å². The molecule has 0 aliphatic heterocycles. The molecule has 2 aromatic rings. The number of hydrogen-bond acceptors (Lipinski definition) is 3. The van der Waals surface area contributed by atoms with Gasteiger partial charge in [-0.3, -0.25) is 4.79 Å². The summed E-state index contributed by atoms with van der Waals surface area (Å²) in [5, 5.41) is 11.7. The zero-order valence-corrected chi connectivity index (χ0v) is 9.76. The van der Waals surface area contributed by atoms with Crippen LogP contribution in [0, 0.1) is 11.3 Å². The number of nitrogens with one attached hydrogen (secondary N) is 1. The number of hydrogen-bond donors (Lipinski definition) is 1. The number of nitriles is 1. The maximum absolute atomic E-state index is 11.9. The number of para-hydroxylation sites is 1. The normalized spacial score (nSPS) is 9.50. The Morgan fingerprint density at radius 2 is 1.72 bits per heavy atom. The number of ketones is 1. The van der Waals surface area contributed by atoms with Gasteiger partial charge < -0.3 is 5.32 Å². The molecular weight excluding hydrogens is 224 g/mol. The van der Waals surface area contributed by atoms with Crippen LogP contribution in [0.3, 0.4) is 0 Å². The molecule has 0 radical (unpaired) electrons. The third-order valence-electron chi connectivity index (χ3n) is 2.56. The number of Topliss-reactive ketones (excluding diaryl/α,β-unsaturated/α-hetero) is 1. The quantitative estimate of drug-likeness (QED) is 0.830. The minimum absolute atomic E-state index is 0.00310. The molecular formula is C15H12N2O. The summed E-state index contributed by atoms with van der Waals surface area (Å²) in [4.78, 5) is 11.9. The average Bonchev–Trinajstić information content (AvgIpc) is 2.46. The predicted octanol–water partition coefficient (Wildman–Crippen LogP) is 2.85. The van der Waals surface area contributed by atoms with Crippen LogP contribution in [-0.2, 0) is 0 Å². The van der Waals surface area contributed by atoms with Crippen molar-refractivity contribution in [2.24, 2.45) is 0 Å². The first kappa shape index (κ1) is 11.9. The van der Waals surface area contributed by atoms with Crippen LogP contribution in [0.5, 0.6) is 0 Å². The molecule has 3 heteroatoms. The van der Waals surface area contributed by atoms with Crippen molar-refractivity contribution in [3.63, 3.8) is 0 Å². The van der Waals surface area contributed by atoms with Crippen molar-refractivity contribution in [3.8, 4) is 6.07 Å². The minimum Gasteiger partial charge on any atom is -0.378 e. The van der Waals surface area contributed by atoms with Gasteiger partial charge in [0.15, 0.2) is 5.78 Å². The van der Waals surface area contributed by atoms with E-state index in [1.807, 2.05) is 36.4 Å². The zero-order valence-electron chi connectivity index (χ0n) is 9.76. The molecule has 0 aromatic heterocycles. The molecule has 0 saturated heterocycles. The van der Waals surface area contributed by atoms with E-state index in [1.165, 1.54) is 0 Å². The molecule has 0 unspecified atom stereocenters. The van der Waals surface area contributed by atoms with Gasteiger partial charge in [0, 0.05) is 11.3 Å². The van der Waals surface area contributed by atoms with Gasteiger partial charge in [-0.25, -0.2) is 0 Å². The number of carbonyl (C=O) groups excluding carboxylic acids is 1. The van der Waals surface area contributed by atoms with Crippen LogP contribution in [0.1, 0.15) is 15.9 Å². The summed E-state index contributed by atoms with van der Waals surface area (Å²) in [5.41, 5.74) is 2.08. The minimum atomic E-state index is 0.00310. The molecule has 0 atom stereocenters. The summed E-state index contributed by atoms with van der Waals surface area (Å²) >= 11 is 0. The molecule has 0 amide bonds. The Hall–Kier alpha value is -2.60. The van der Waals surface area contributed by atoms with E-state index in [1.54, 1.807) is 24.3 Å². The Morgan fingerprint density at radius 3 is 2.33 bits per heavy atom. The largest absolute Gasteiger partial charge is 0.378 e. The molecule has 0 bridgehead atoms. The van der Waals surface area contributed by atoms with Crippen LogP contribution >= 0.6 is 0 Å². The lowest BCUT2D eigenvalue weighted by Gasteiger charge is -2.05. The van der Waals surface area contributed by atoms with Crippen LogP contribution in [0.2, 0.25) is 0 Å². The summed E-state index contributed by atoms with van der Waals surface area (Å²) in [5.74, 6) is 0.00310. The van der Waals surface area contributed by atoms with Gasteiger partial charge in [0.25, 0.3) is 0 Å². The van der Waals surface area contributed by atoms with Gasteiger partial charge in [0.1, 0.15) is 0 Å². The lowest BCUT2D eigenvalue weighted by atomic mass is 10.1. The summed E-state index contributed by atoms with van der Waals surface area (Å²) in [6.07, 6.45) is 0. The van der Waals surface area contributed by atoms with Gasteiger partial charge >= 0.3 is 0 Å². The van der Waals surface area contributed by atoms with Gasteiger partial charge in [-0.2, -0.15) is 5.26 Å². The highest BCUT2D eigenvalue weighted by Gasteiger charge is 2.05. The SMILES string of the molecule is N#Cc1ccc(C(=O)CNc2ccccc2)cc1. The number of nitrogens with zero attached hydrogens (tertiary/aromatic N) is 1. The summed E-state index contributed by atoms with van der Waals surface area (Å²) in [6.45, 7) is 0.246. The number of benzene rings is 2. The van der Waals surface area contributed by atoms with E-state index >= 15 is 0 Å². The highest BCUT2D eigenvalue weighted by atomic mass is 16.1. The van der Waals surface area contributed by atoms with E-state index in [-0.39, 0.29) is 12.3 Å². The van der Waals surface area contributed by atoms with Gasteiger partial charge in [-0.15, -0.1) is 0 Å². The summed E-state index contributed by atoms with van der Waals surface area (Å²) in [7, 11) is 0. The average molecular weight is 236 g/mol. The van der Waals surface area contributed by atoms with Crippen molar-refractivity contribution in [1.29, 1.82) is 5.26 Å². The van der Waals surface area contributed by atoms with Crippen molar-refractivity contribution in [2.75, 3.05) is 11.9 Å². The van der Waals surface area contributed by atoms with Crippen LogP contribution in [0.25, 0.3) is 0 Å². The molecule has 0 aliphatic carbocycles. The molecule has 2 aromatic carbocycles. The third-order valence-corrected chi connectivity index (χ3v) is 2.56. The maximum atomic E-state index is 11.9. The lowest BCUT2D eigenvalue weighted by Crippen LogP contribution is -2.13. The first-order valence-corrected chi connectivity index (χ1v) is 5.62. The van der Waals surface area contributed by atoms with Crippen molar-refractivity contribution in [2.45, 2.75) is 0 Å².